The first-order valence-corrected chi connectivity index (χ1v) is 17.0. The van der Waals surface area contributed by atoms with Gasteiger partial charge in [0.05, 0.1) is 28.3 Å². The van der Waals surface area contributed by atoms with E-state index in [2.05, 4.69) is 119 Å². The number of furan rings is 1. The molecule has 0 atom stereocenters. The van der Waals surface area contributed by atoms with E-state index in [0.29, 0.717) is 0 Å². The summed E-state index contributed by atoms with van der Waals surface area (Å²) in [4.78, 5) is 19.5. The lowest BCUT2D eigenvalue weighted by Crippen LogP contribution is -1.94. The molecule has 238 valence electrons. The molecule has 10 aromatic rings. The molecule has 0 amide bonds. The third kappa shape index (κ3) is 4.94. The second-order valence-electron chi connectivity index (χ2n) is 12.6. The van der Waals surface area contributed by atoms with Crippen molar-refractivity contribution in [2.75, 3.05) is 0 Å². The number of hydrogen-bond acceptors (Lipinski definition) is 5. The SMILES string of the molecule is c1ccc(-c2cc(-c3ccc(-c4cccc5nc(-c6cccc7ccccc67)c6oc7ccccc7c6c45)cc3)cc(-c3ccccn3)n2)nc1. The molecule has 5 aromatic carbocycles. The van der Waals surface area contributed by atoms with Crippen LogP contribution in [-0.2, 0) is 0 Å². The van der Waals surface area contributed by atoms with Crippen molar-refractivity contribution in [3.8, 4) is 56.3 Å². The molecular formula is C46H28N4O. The Bertz CT molecular complexity index is 2840. The largest absolute Gasteiger partial charge is 0.454 e. The van der Waals surface area contributed by atoms with Crippen molar-refractivity contribution in [3.63, 3.8) is 0 Å². The highest BCUT2D eigenvalue weighted by molar-refractivity contribution is 6.25. The predicted molar refractivity (Wildman–Crippen MR) is 207 cm³/mol. The van der Waals surface area contributed by atoms with Crippen molar-refractivity contribution in [3.05, 3.63) is 170 Å². The number of rotatable bonds is 5. The number of aromatic nitrogens is 4. The quantitative estimate of drug-likeness (QED) is 0.185. The van der Waals surface area contributed by atoms with Gasteiger partial charge in [0.2, 0.25) is 0 Å². The number of fused-ring (bicyclic) bond motifs is 6. The lowest BCUT2D eigenvalue weighted by Gasteiger charge is -2.13. The van der Waals surface area contributed by atoms with Crippen LogP contribution in [0, 0.1) is 0 Å². The molecule has 5 aromatic heterocycles. The Morgan fingerprint density at radius 2 is 1.04 bits per heavy atom. The molecule has 0 aliphatic carbocycles. The highest BCUT2D eigenvalue weighted by atomic mass is 16.3. The Morgan fingerprint density at radius 1 is 0.412 bits per heavy atom. The number of para-hydroxylation sites is 1. The van der Waals surface area contributed by atoms with E-state index in [-0.39, 0.29) is 0 Å². The van der Waals surface area contributed by atoms with Gasteiger partial charge in [-0.15, -0.1) is 0 Å². The van der Waals surface area contributed by atoms with Crippen molar-refractivity contribution in [2.45, 2.75) is 0 Å². The summed E-state index contributed by atoms with van der Waals surface area (Å²) in [6, 6.07) is 54.2. The van der Waals surface area contributed by atoms with Crippen LogP contribution in [0.15, 0.2) is 175 Å². The molecule has 5 heteroatoms. The third-order valence-electron chi connectivity index (χ3n) is 9.59. The van der Waals surface area contributed by atoms with Gasteiger partial charge in [0.1, 0.15) is 11.3 Å². The van der Waals surface area contributed by atoms with Gasteiger partial charge in [-0.25, -0.2) is 9.97 Å². The predicted octanol–water partition coefficient (Wildman–Crippen LogP) is 11.8. The summed E-state index contributed by atoms with van der Waals surface area (Å²) in [5.74, 6) is 0. The molecule has 0 aliphatic rings. The smallest absolute Gasteiger partial charge is 0.162 e. The van der Waals surface area contributed by atoms with Crippen LogP contribution in [0.3, 0.4) is 0 Å². The second-order valence-corrected chi connectivity index (χ2v) is 12.6. The van der Waals surface area contributed by atoms with Crippen LogP contribution >= 0.6 is 0 Å². The summed E-state index contributed by atoms with van der Waals surface area (Å²) in [5, 5.41) is 5.55. The fraction of sp³-hybridized carbons (Fsp3) is 0. The van der Waals surface area contributed by atoms with Crippen LogP contribution in [0.25, 0.3) is 99.9 Å². The molecule has 0 bridgehead atoms. The molecule has 0 saturated carbocycles. The van der Waals surface area contributed by atoms with Gasteiger partial charge < -0.3 is 4.42 Å². The Morgan fingerprint density at radius 3 is 1.78 bits per heavy atom. The van der Waals surface area contributed by atoms with E-state index in [0.717, 1.165) is 94.5 Å². The Balaban J connectivity index is 1.15. The van der Waals surface area contributed by atoms with Crippen molar-refractivity contribution >= 4 is 43.6 Å². The molecule has 0 fully saturated rings. The van der Waals surface area contributed by atoms with E-state index in [1.807, 2.05) is 48.5 Å². The van der Waals surface area contributed by atoms with Gasteiger partial charge in [0.25, 0.3) is 0 Å². The topological polar surface area (TPSA) is 64.7 Å². The van der Waals surface area contributed by atoms with Crippen molar-refractivity contribution < 1.29 is 4.42 Å². The highest BCUT2D eigenvalue weighted by Crippen LogP contribution is 2.44. The maximum atomic E-state index is 6.68. The van der Waals surface area contributed by atoms with Gasteiger partial charge in [-0.2, -0.15) is 0 Å². The van der Waals surface area contributed by atoms with Crippen LogP contribution in [-0.4, -0.2) is 19.9 Å². The highest BCUT2D eigenvalue weighted by Gasteiger charge is 2.21. The second kappa shape index (κ2) is 11.9. The first-order valence-electron chi connectivity index (χ1n) is 17.0. The molecule has 0 N–H and O–H groups in total. The molecular weight excluding hydrogens is 625 g/mol. The zero-order valence-electron chi connectivity index (χ0n) is 27.4. The van der Waals surface area contributed by atoms with E-state index >= 15 is 0 Å². The first-order chi connectivity index (χ1) is 25.3. The molecule has 10 rings (SSSR count). The van der Waals surface area contributed by atoms with E-state index in [9.17, 15) is 0 Å². The zero-order valence-corrected chi connectivity index (χ0v) is 27.4. The Hall–Kier alpha value is -6.98. The van der Waals surface area contributed by atoms with Crippen LogP contribution in [0.1, 0.15) is 0 Å². The maximum absolute atomic E-state index is 6.68. The third-order valence-corrected chi connectivity index (χ3v) is 9.59. The van der Waals surface area contributed by atoms with Gasteiger partial charge in [0.15, 0.2) is 5.58 Å². The van der Waals surface area contributed by atoms with Gasteiger partial charge in [0, 0.05) is 34.1 Å². The van der Waals surface area contributed by atoms with Crippen LogP contribution in [0.5, 0.6) is 0 Å². The molecule has 0 spiro atoms. The Labute approximate surface area is 293 Å². The molecule has 5 heterocycles. The number of nitrogens with zero attached hydrogens (tertiary/aromatic N) is 4. The lowest BCUT2D eigenvalue weighted by molar-refractivity contribution is 0.669. The maximum Gasteiger partial charge on any atom is 0.162 e. The fourth-order valence-electron chi connectivity index (χ4n) is 7.21. The van der Waals surface area contributed by atoms with Gasteiger partial charge >= 0.3 is 0 Å². The minimum Gasteiger partial charge on any atom is -0.454 e. The monoisotopic (exact) mass is 652 g/mol. The number of hydrogen-bond donors (Lipinski definition) is 0. The summed E-state index contributed by atoms with van der Waals surface area (Å²) < 4.78 is 6.68. The first kappa shape index (κ1) is 29.0. The zero-order chi connectivity index (χ0) is 33.7. The summed E-state index contributed by atoms with van der Waals surface area (Å²) in [5.41, 5.74) is 12.0. The normalized spacial score (nSPS) is 11.5. The molecule has 5 nitrogen and oxygen atoms in total. The van der Waals surface area contributed by atoms with Gasteiger partial charge in [-0.1, -0.05) is 109 Å². The van der Waals surface area contributed by atoms with Crippen molar-refractivity contribution in [1.29, 1.82) is 0 Å². The molecule has 0 radical (unpaired) electrons. The van der Waals surface area contributed by atoms with Crippen molar-refractivity contribution in [1.82, 2.24) is 19.9 Å². The summed E-state index contributed by atoms with van der Waals surface area (Å²) >= 11 is 0. The summed E-state index contributed by atoms with van der Waals surface area (Å²) in [6.45, 7) is 0. The summed E-state index contributed by atoms with van der Waals surface area (Å²) in [7, 11) is 0. The number of benzene rings is 5. The molecule has 51 heavy (non-hydrogen) atoms. The minimum atomic E-state index is 0.796. The Kier molecular flexibility index (Phi) is 6.74. The standard InChI is InChI=1S/C46H28N4O/c1-2-13-33-30(11-1)12-9-16-35(33)45-46-44(36-14-3-4-20-42(36)51-46)43-34(15-10-19-39(43)50-45)31-23-21-29(22-24-31)32-27-40(37-17-5-7-25-47-37)49-41(28-32)38-18-6-8-26-48-38/h1-28H. The van der Waals surface area contributed by atoms with E-state index in [1.54, 1.807) is 12.4 Å². The molecule has 0 saturated heterocycles. The minimum absolute atomic E-state index is 0.796. The fourth-order valence-corrected chi connectivity index (χ4v) is 7.21. The average Bonchev–Trinajstić information content (AvgIpc) is 3.61. The van der Waals surface area contributed by atoms with Crippen molar-refractivity contribution in [2.24, 2.45) is 0 Å². The van der Waals surface area contributed by atoms with Gasteiger partial charge in [-0.3, -0.25) is 9.97 Å². The van der Waals surface area contributed by atoms with Crippen LogP contribution in [0.4, 0.5) is 0 Å². The van der Waals surface area contributed by atoms with Crippen LogP contribution in [0.2, 0.25) is 0 Å². The van der Waals surface area contributed by atoms with Gasteiger partial charge in [-0.05, 0) is 81.6 Å². The number of pyridine rings is 4. The summed E-state index contributed by atoms with van der Waals surface area (Å²) in [6.07, 6.45) is 3.59. The van der Waals surface area contributed by atoms with E-state index < -0.39 is 0 Å². The van der Waals surface area contributed by atoms with E-state index in [4.69, 9.17) is 14.4 Å². The average molecular weight is 653 g/mol. The van der Waals surface area contributed by atoms with E-state index in [1.165, 1.54) is 5.39 Å². The molecule has 0 aliphatic heterocycles. The molecule has 0 unspecified atom stereocenters. The lowest BCUT2D eigenvalue weighted by atomic mass is 9.93. The van der Waals surface area contributed by atoms with Crippen LogP contribution < -0.4 is 0 Å².